The minimum absolute atomic E-state index is 0.00511. The first-order valence-electron chi connectivity index (χ1n) is 8.22. The Bertz CT molecular complexity index is 911. The van der Waals surface area contributed by atoms with Crippen molar-refractivity contribution in [1.29, 1.82) is 0 Å². The van der Waals surface area contributed by atoms with E-state index in [1.54, 1.807) is 12.1 Å². The first-order chi connectivity index (χ1) is 12.4. The number of carbonyl (C=O) groups excluding carboxylic acids is 1. The predicted molar refractivity (Wildman–Crippen MR) is 106 cm³/mol. The lowest BCUT2D eigenvalue weighted by Crippen LogP contribution is -2.34. The van der Waals surface area contributed by atoms with Crippen molar-refractivity contribution in [2.24, 2.45) is 0 Å². The standard InChI is InChI=1S/C16H20N4O3S3/c1-3-17-15-18-19-16(25-15)24-10-14(21)12-6-7-13-11(9-12)5-4-8-20(13)26(2,22)23/h6-7,9H,3-5,8,10H2,1-2H3,(H,17,18). The highest BCUT2D eigenvalue weighted by Gasteiger charge is 2.24. The third-order valence-electron chi connectivity index (χ3n) is 3.94. The molecule has 0 unspecified atom stereocenters. The van der Waals surface area contributed by atoms with Crippen LogP contribution in [0.3, 0.4) is 0 Å². The predicted octanol–water partition coefficient (Wildman–Crippen LogP) is 2.66. The maximum absolute atomic E-state index is 12.5. The highest BCUT2D eigenvalue weighted by Crippen LogP contribution is 2.31. The summed E-state index contributed by atoms with van der Waals surface area (Å²) in [5, 5.41) is 11.9. The SMILES string of the molecule is CCNc1nnc(SCC(=O)c2ccc3c(c2)CCCN3S(C)(=O)=O)s1. The van der Waals surface area contributed by atoms with Gasteiger partial charge in [-0.2, -0.15) is 0 Å². The van der Waals surface area contributed by atoms with Gasteiger partial charge in [0.25, 0.3) is 0 Å². The van der Waals surface area contributed by atoms with Crippen LogP contribution < -0.4 is 9.62 Å². The molecule has 2 heterocycles. The van der Waals surface area contributed by atoms with Gasteiger partial charge in [-0.15, -0.1) is 10.2 Å². The Morgan fingerprint density at radius 2 is 2.19 bits per heavy atom. The molecule has 3 rings (SSSR count). The molecule has 10 heteroatoms. The van der Waals surface area contributed by atoms with Crippen molar-refractivity contribution < 1.29 is 13.2 Å². The van der Waals surface area contributed by atoms with E-state index < -0.39 is 10.0 Å². The maximum atomic E-state index is 12.5. The number of rotatable bonds is 7. The molecule has 0 radical (unpaired) electrons. The van der Waals surface area contributed by atoms with Gasteiger partial charge in [-0.25, -0.2) is 8.42 Å². The molecule has 0 bridgehead atoms. The van der Waals surface area contributed by atoms with E-state index in [-0.39, 0.29) is 11.5 Å². The van der Waals surface area contributed by atoms with E-state index in [0.717, 1.165) is 34.4 Å². The normalized spacial score (nSPS) is 14.2. The smallest absolute Gasteiger partial charge is 0.232 e. The molecule has 7 nitrogen and oxygen atoms in total. The summed E-state index contributed by atoms with van der Waals surface area (Å²) in [5.41, 5.74) is 2.19. The number of fused-ring (bicyclic) bond motifs is 1. The number of nitrogens with zero attached hydrogens (tertiary/aromatic N) is 3. The van der Waals surface area contributed by atoms with E-state index in [4.69, 9.17) is 0 Å². The Hall–Kier alpha value is -1.65. The van der Waals surface area contributed by atoms with Crippen LogP contribution >= 0.6 is 23.1 Å². The molecule has 0 aliphatic carbocycles. The van der Waals surface area contributed by atoms with Crippen LogP contribution in [0.2, 0.25) is 0 Å². The highest BCUT2D eigenvalue weighted by atomic mass is 32.2. The number of benzene rings is 1. The number of Topliss-reactive ketones (excluding diaryl/α,β-unsaturated/α-hetero) is 1. The van der Waals surface area contributed by atoms with Crippen LogP contribution in [-0.2, 0) is 16.4 Å². The molecule has 26 heavy (non-hydrogen) atoms. The maximum Gasteiger partial charge on any atom is 0.232 e. The average molecular weight is 413 g/mol. The number of aryl methyl sites for hydroxylation is 1. The van der Waals surface area contributed by atoms with E-state index >= 15 is 0 Å². The minimum atomic E-state index is -3.30. The van der Waals surface area contributed by atoms with E-state index in [1.165, 1.54) is 33.7 Å². The third kappa shape index (κ3) is 4.36. The average Bonchev–Trinajstić information content (AvgIpc) is 3.05. The lowest BCUT2D eigenvalue weighted by Gasteiger charge is -2.29. The van der Waals surface area contributed by atoms with E-state index in [0.29, 0.717) is 17.8 Å². The van der Waals surface area contributed by atoms with Crippen molar-refractivity contribution in [3.8, 4) is 0 Å². The summed E-state index contributed by atoms with van der Waals surface area (Å²) in [7, 11) is -3.30. The first kappa shape index (κ1) is 19.1. The van der Waals surface area contributed by atoms with Crippen LogP contribution in [0.5, 0.6) is 0 Å². The second kappa shape index (κ2) is 7.93. The number of hydrogen-bond donors (Lipinski definition) is 1. The topological polar surface area (TPSA) is 92.3 Å². The van der Waals surface area contributed by atoms with Gasteiger partial charge in [-0.1, -0.05) is 23.1 Å². The molecule has 1 aromatic carbocycles. The Labute approximate surface area is 161 Å². The van der Waals surface area contributed by atoms with E-state index in [1.807, 2.05) is 13.0 Å². The summed E-state index contributed by atoms with van der Waals surface area (Å²) in [5.74, 6) is 0.268. The van der Waals surface area contributed by atoms with Gasteiger partial charge in [0.05, 0.1) is 17.7 Å². The second-order valence-electron chi connectivity index (χ2n) is 5.90. The van der Waals surface area contributed by atoms with Gasteiger partial charge < -0.3 is 5.32 Å². The quantitative estimate of drug-likeness (QED) is 0.552. The molecule has 1 aromatic heterocycles. The van der Waals surface area contributed by atoms with Gasteiger partial charge in [-0.3, -0.25) is 9.10 Å². The number of nitrogens with one attached hydrogen (secondary N) is 1. The number of anilines is 2. The minimum Gasteiger partial charge on any atom is -0.360 e. The molecule has 0 fully saturated rings. The molecule has 0 spiro atoms. The van der Waals surface area contributed by atoms with Crippen LogP contribution in [-0.4, -0.2) is 49.5 Å². The number of thioether (sulfide) groups is 1. The number of hydrogen-bond acceptors (Lipinski definition) is 8. The zero-order valence-corrected chi connectivity index (χ0v) is 17.0. The summed E-state index contributed by atoms with van der Waals surface area (Å²) in [6.07, 6.45) is 2.74. The van der Waals surface area contributed by atoms with Crippen molar-refractivity contribution in [1.82, 2.24) is 10.2 Å². The lowest BCUT2D eigenvalue weighted by molar-refractivity contribution is 0.102. The Morgan fingerprint density at radius 1 is 1.38 bits per heavy atom. The van der Waals surface area contributed by atoms with Crippen LogP contribution in [0.15, 0.2) is 22.5 Å². The number of aromatic nitrogens is 2. The molecule has 0 atom stereocenters. The van der Waals surface area contributed by atoms with Gasteiger partial charge in [0.15, 0.2) is 10.1 Å². The molecule has 1 N–H and O–H groups in total. The van der Waals surface area contributed by atoms with E-state index in [9.17, 15) is 13.2 Å². The van der Waals surface area contributed by atoms with Crippen LogP contribution in [0.4, 0.5) is 10.8 Å². The summed E-state index contributed by atoms with van der Waals surface area (Å²) in [4.78, 5) is 12.5. The fraction of sp³-hybridized carbons (Fsp3) is 0.438. The lowest BCUT2D eigenvalue weighted by atomic mass is 9.99. The summed E-state index contributed by atoms with van der Waals surface area (Å²) < 4.78 is 26.0. The van der Waals surface area contributed by atoms with Gasteiger partial charge in [-0.05, 0) is 43.5 Å². The Morgan fingerprint density at radius 3 is 2.92 bits per heavy atom. The summed E-state index contributed by atoms with van der Waals surface area (Å²) in [6.45, 7) is 3.25. The van der Waals surface area contributed by atoms with Crippen LogP contribution in [0, 0.1) is 0 Å². The first-order valence-corrected chi connectivity index (χ1v) is 11.9. The zero-order chi connectivity index (χ0) is 18.7. The molecule has 2 aromatic rings. The third-order valence-corrected chi connectivity index (χ3v) is 7.13. The number of sulfonamides is 1. The number of carbonyl (C=O) groups is 1. The fourth-order valence-corrected chi connectivity index (χ4v) is 5.49. The van der Waals surface area contributed by atoms with Gasteiger partial charge >= 0.3 is 0 Å². The summed E-state index contributed by atoms with van der Waals surface area (Å²) >= 11 is 2.79. The van der Waals surface area contributed by atoms with Crippen molar-refractivity contribution in [2.75, 3.05) is 34.7 Å². The molecule has 1 aliphatic heterocycles. The van der Waals surface area contributed by atoms with Crippen molar-refractivity contribution >= 4 is 49.7 Å². The largest absolute Gasteiger partial charge is 0.360 e. The fourth-order valence-electron chi connectivity index (χ4n) is 2.78. The monoisotopic (exact) mass is 412 g/mol. The molecule has 0 amide bonds. The van der Waals surface area contributed by atoms with Gasteiger partial charge in [0.1, 0.15) is 0 Å². The van der Waals surface area contributed by atoms with Crippen molar-refractivity contribution in [3.05, 3.63) is 29.3 Å². The van der Waals surface area contributed by atoms with Crippen LogP contribution in [0.25, 0.3) is 0 Å². The van der Waals surface area contributed by atoms with Crippen molar-refractivity contribution in [2.45, 2.75) is 24.1 Å². The molecule has 0 saturated carbocycles. The van der Waals surface area contributed by atoms with Gasteiger partial charge in [0, 0.05) is 18.7 Å². The molecular formula is C16H20N4O3S3. The molecular weight excluding hydrogens is 392 g/mol. The van der Waals surface area contributed by atoms with Crippen molar-refractivity contribution in [3.63, 3.8) is 0 Å². The highest BCUT2D eigenvalue weighted by molar-refractivity contribution is 8.01. The van der Waals surface area contributed by atoms with E-state index in [2.05, 4.69) is 15.5 Å². The number of ketones is 1. The molecule has 140 valence electrons. The zero-order valence-electron chi connectivity index (χ0n) is 14.6. The second-order valence-corrected chi connectivity index (χ2v) is 10.0. The molecule has 1 aliphatic rings. The molecule has 0 saturated heterocycles. The van der Waals surface area contributed by atoms with Crippen LogP contribution in [0.1, 0.15) is 29.3 Å². The Kier molecular flexibility index (Phi) is 5.83. The summed E-state index contributed by atoms with van der Waals surface area (Å²) in [6, 6.07) is 5.26. The van der Waals surface area contributed by atoms with Gasteiger partial charge in [0.2, 0.25) is 15.2 Å². The Balaban J connectivity index is 1.70.